The first-order chi connectivity index (χ1) is 11.7. The molecular formula is C19H18N2O3. The number of nitrogens with zero attached hydrogens (tertiary/aromatic N) is 1. The highest BCUT2D eigenvalue weighted by Crippen LogP contribution is 2.25. The third-order valence-electron chi connectivity index (χ3n) is 3.89. The highest BCUT2D eigenvalue weighted by Gasteiger charge is 2.11. The number of rotatable bonds is 6. The normalized spacial score (nSPS) is 10.5. The van der Waals surface area contributed by atoms with Gasteiger partial charge in [0.1, 0.15) is 12.3 Å². The Morgan fingerprint density at radius 1 is 1.21 bits per heavy atom. The SMILES string of the molecule is COc1ccc2c(c1)c(C=O)cn2CC(=O)NCc1ccccc1. The minimum atomic E-state index is -0.107. The summed E-state index contributed by atoms with van der Waals surface area (Å²) in [5.74, 6) is 0.570. The van der Waals surface area contributed by atoms with E-state index in [-0.39, 0.29) is 12.5 Å². The molecule has 3 rings (SSSR count). The minimum absolute atomic E-state index is 0.107. The maximum atomic E-state index is 12.2. The number of aromatic nitrogens is 1. The number of benzene rings is 2. The number of carbonyl (C=O) groups is 2. The summed E-state index contributed by atoms with van der Waals surface area (Å²) in [7, 11) is 1.58. The molecule has 0 saturated heterocycles. The number of methoxy groups -OCH3 is 1. The van der Waals surface area contributed by atoms with E-state index < -0.39 is 0 Å². The van der Waals surface area contributed by atoms with Crippen LogP contribution in [0.4, 0.5) is 0 Å². The van der Waals surface area contributed by atoms with Gasteiger partial charge in [-0.15, -0.1) is 0 Å². The molecule has 122 valence electrons. The van der Waals surface area contributed by atoms with Crippen LogP contribution >= 0.6 is 0 Å². The minimum Gasteiger partial charge on any atom is -0.497 e. The van der Waals surface area contributed by atoms with Gasteiger partial charge in [0.2, 0.25) is 5.91 Å². The van der Waals surface area contributed by atoms with Crippen molar-refractivity contribution >= 4 is 23.1 Å². The zero-order chi connectivity index (χ0) is 16.9. The van der Waals surface area contributed by atoms with Gasteiger partial charge in [0, 0.05) is 29.2 Å². The molecule has 0 aliphatic carbocycles. The van der Waals surface area contributed by atoms with Crippen molar-refractivity contribution in [2.75, 3.05) is 7.11 Å². The van der Waals surface area contributed by atoms with Crippen LogP contribution in [0.25, 0.3) is 10.9 Å². The smallest absolute Gasteiger partial charge is 0.240 e. The molecule has 5 heteroatoms. The second kappa shape index (κ2) is 7.00. The summed E-state index contributed by atoms with van der Waals surface area (Å²) in [4.78, 5) is 23.5. The summed E-state index contributed by atoms with van der Waals surface area (Å²) in [6.45, 7) is 0.636. The Balaban J connectivity index is 1.77. The lowest BCUT2D eigenvalue weighted by Gasteiger charge is -2.08. The molecule has 0 spiro atoms. The fraction of sp³-hybridized carbons (Fsp3) is 0.158. The first kappa shape index (κ1) is 15.8. The molecule has 0 bridgehead atoms. The number of carbonyl (C=O) groups excluding carboxylic acids is 2. The summed E-state index contributed by atoms with van der Waals surface area (Å²) < 4.78 is 6.97. The maximum absolute atomic E-state index is 12.2. The number of fused-ring (bicyclic) bond motifs is 1. The largest absolute Gasteiger partial charge is 0.497 e. The van der Waals surface area contributed by atoms with Gasteiger partial charge in [-0.05, 0) is 23.8 Å². The van der Waals surface area contributed by atoms with Crippen LogP contribution in [0.5, 0.6) is 5.75 Å². The van der Waals surface area contributed by atoms with Crippen molar-refractivity contribution in [3.05, 3.63) is 65.9 Å². The number of nitrogens with one attached hydrogen (secondary N) is 1. The van der Waals surface area contributed by atoms with Crippen LogP contribution in [0.1, 0.15) is 15.9 Å². The first-order valence-electron chi connectivity index (χ1n) is 7.64. The van der Waals surface area contributed by atoms with Crippen molar-refractivity contribution in [3.8, 4) is 5.75 Å². The quantitative estimate of drug-likeness (QED) is 0.710. The topological polar surface area (TPSA) is 60.3 Å². The Bertz CT molecular complexity index is 869. The lowest BCUT2D eigenvalue weighted by Crippen LogP contribution is -2.26. The van der Waals surface area contributed by atoms with E-state index in [9.17, 15) is 9.59 Å². The highest BCUT2D eigenvalue weighted by molar-refractivity contribution is 5.98. The third kappa shape index (κ3) is 3.30. The van der Waals surface area contributed by atoms with Crippen molar-refractivity contribution in [1.82, 2.24) is 9.88 Å². The summed E-state index contributed by atoms with van der Waals surface area (Å²) in [5, 5.41) is 3.67. The summed E-state index contributed by atoms with van der Waals surface area (Å²) >= 11 is 0. The predicted octanol–water partition coefficient (Wildman–Crippen LogP) is 2.78. The van der Waals surface area contributed by atoms with Crippen LogP contribution in [-0.2, 0) is 17.9 Å². The Hall–Kier alpha value is -3.08. The van der Waals surface area contributed by atoms with Gasteiger partial charge in [0.25, 0.3) is 0 Å². The molecule has 1 aromatic heterocycles. The van der Waals surface area contributed by atoms with E-state index in [1.807, 2.05) is 42.5 Å². The Morgan fingerprint density at radius 2 is 2.00 bits per heavy atom. The average Bonchev–Trinajstić information content (AvgIpc) is 2.97. The molecule has 3 aromatic rings. The molecule has 1 heterocycles. The number of hydrogen-bond acceptors (Lipinski definition) is 3. The molecule has 0 atom stereocenters. The van der Waals surface area contributed by atoms with Gasteiger partial charge in [0.15, 0.2) is 6.29 Å². The molecular weight excluding hydrogens is 304 g/mol. The van der Waals surface area contributed by atoms with Crippen molar-refractivity contribution in [1.29, 1.82) is 0 Å². The van der Waals surface area contributed by atoms with Gasteiger partial charge in [-0.25, -0.2) is 0 Å². The lowest BCUT2D eigenvalue weighted by atomic mass is 10.2. The highest BCUT2D eigenvalue weighted by atomic mass is 16.5. The number of amides is 1. The lowest BCUT2D eigenvalue weighted by molar-refractivity contribution is -0.121. The molecule has 0 aliphatic heterocycles. The third-order valence-corrected chi connectivity index (χ3v) is 3.89. The summed E-state index contributed by atoms with van der Waals surface area (Å²) in [6.07, 6.45) is 2.49. The van der Waals surface area contributed by atoms with E-state index in [0.29, 0.717) is 17.9 Å². The molecule has 0 fully saturated rings. The monoisotopic (exact) mass is 322 g/mol. The average molecular weight is 322 g/mol. The van der Waals surface area contributed by atoms with Crippen LogP contribution in [0.3, 0.4) is 0 Å². The van der Waals surface area contributed by atoms with E-state index in [4.69, 9.17) is 4.74 Å². The molecule has 0 unspecified atom stereocenters. The van der Waals surface area contributed by atoms with E-state index >= 15 is 0 Å². The number of hydrogen-bond donors (Lipinski definition) is 1. The van der Waals surface area contributed by atoms with Crippen LogP contribution in [0.15, 0.2) is 54.7 Å². The van der Waals surface area contributed by atoms with Gasteiger partial charge in [0.05, 0.1) is 7.11 Å². The molecule has 1 amide bonds. The Labute approximate surface area is 139 Å². The van der Waals surface area contributed by atoms with Crippen LogP contribution in [0.2, 0.25) is 0 Å². The fourth-order valence-electron chi connectivity index (χ4n) is 2.66. The molecule has 0 saturated carbocycles. The predicted molar refractivity (Wildman–Crippen MR) is 92.2 cm³/mol. The van der Waals surface area contributed by atoms with Gasteiger partial charge < -0.3 is 14.6 Å². The number of aldehydes is 1. The van der Waals surface area contributed by atoms with Crippen molar-refractivity contribution in [2.45, 2.75) is 13.1 Å². The zero-order valence-electron chi connectivity index (χ0n) is 13.4. The number of ether oxygens (including phenoxy) is 1. The van der Waals surface area contributed by atoms with Crippen molar-refractivity contribution in [2.24, 2.45) is 0 Å². The molecule has 0 radical (unpaired) electrons. The second-order valence-electron chi connectivity index (χ2n) is 5.48. The van der Waals surface area contributed by atoms with Crippen LogP contribution in [-0.4, -0.2) is 23.9 Å². The van der Waals surface area contributed by atoms with Crippen LogP contribution < -0.4 is 10.1 Å². The standard InChI is InChI=1S/C19H18N2O3/c1-24-16-7-8-18-17(9-16)15(13-22)11-21(18)12-19(23)20-10-14-5-3-2-4-6-14/h2-9,11,13H,10,12H2,1H3,(H,20,23). The van der Waals surface area contributed by atoms with Crippen molar-refractivity contribution in [3.63, 3.8) is 0 Å². The van der Waals surface area contributed by atoms with E-state index in [0.717, 1.165) is 22.8 Å². The van der Waals surface area contributed by atoms with E-state index in [2.05, 4.69) is 5.32 Å². The zero-order valence-corrected chi connectivity index (χ0v) is 13.4. The molecule has 5 nitrogen and oxygen atoms in total. The molecule has 2 aromatic carbocycles. The van der Waals surface area contributed by atoms with Gasteiger partial charge in [-0.2, -0.15) is 0 Å². The van der Waals surface area contributed by atoms with Crippen LogP contribution in [0, 0.1) is 0 Å². The van der Waals surface area contributed by atoms with E-state index in [1.54, 1.807) is 23.9 Å². The molecule has 24 heavy (non-hydrogen) atoms. The van der Waals surface area contributed by atoms with Gasteiger partial charge in [-0.3, -0.25) is 9.59 Å². The van der Waals surface area contributed by atoms with Gasteiger partial charge >= 0.3 is 0 Å². The second-order valence-corrected chi connectivity index (χ2v) is 5.48. The summed E-state index contributed by atoms with van der Waals surface area (Å²) in [5.41, 5.74) is 2.41. The van der Waals surface area contributed by atoms with E-state index in [1.165, 1.54) is 0 Å². The summed E-state index contributed by atoms with van der Waals surface area (Å²) in [6, 6.07) is 15.2. The van der Waals surface area contributed by atoms with Gasteiger partial charge in [-0.1, -0.05) is 30.3 Å². The Kier molecular flexibility index (Phi) is 4.61. The Morgan fingerprint density at radius 3 is 2.71 bits per heavy atom. The maximum Gasteiger partial charge on any atom is 0.240 e. The first-order valence-corrected chi connectivity index (χ1v) is 7.64. The molecule has 0 aliphatic rings. The van der Waals surface area contributed by atoms with Crippen molar-refractivity contribution < 1.29 is 14.3 Å². The fourth-order valence-corrected chi connectivity index (χ4v) is 2.66. The molecule has 1 N–H and O–H groups in total.